The Balaban J connectivity index is 2.56. The van der Waals surface area contributed by atoms with Gasteiger partial charge in [-0.3, -0.25) is 0 Å². The van der Waals surface area contributed by atoms with Crippen molar-refractivity contribution in [3.05, 3.63) is 36.4 Å². The molecule has 4 heteroatoms. The van der Waals surface area contributed by atoms with E-state index in [1.807, 2.05) is 36.8 Å². The molecule has 0 radical (unpaired) electrons. The van der Waals surface area contributed by atoms with E-state index in [1.165, 1.54) is 0 Å². The minimum Gasteiger partial charge on any atom is -0.496 e. The van der Waals surface area contributed by atoms with Crippen LogP contribution in [0.3, 0.4) is 0 Å². The monoisotopic (exact) mass is 277 g/mol. The molecule has 0 aliphatic heterocycles. The van der Waals surface area contributed by atoms with Gasteiger partial charge in [-0.1, -0.05) is 18.2 Å². The van der Waals surface area contributed by atoms with E-state index in [0.29, 0.717) is 0 Å². The smallest absolute Gasteiger partial charge is 0.126 e. The zero-order chi connectivity index (χ0) is 13.0. The second kappa shape index (κ2) is 6.16. The molecule has 1 aromatic carbocycles. The highest BCUT2D eigenvalue weighted by Crippen LogP contribution is 2.35. The van der Waals surface area contributed by atoms with E-state index in [9.17, 15) is 0 Å². The highest BCUT2D eigenvalue weighted by atomic mass is 32.2. The number of nitrogens with zero attached hydrogens (tertiary/aromatic N) is 1. The van der Waals surface area contributed by atoms with Crippen LogP contribution in [-0.2, 0) is 0 Å². The average molecular weight is 277 g/mol. The standard InChI is InChI=1S/C14H15NOS2/c1-16-12-7-5-4-6-10(12)11-8-9-13(17-2)15-14(11)18-3/h4-9H,1-3H3. The molecule has 0 spiro atoms. The molecule has 0 saturated carbocycles. The number of rotatable bonds is 4. The van der Waals surface area contributed by atoms with Gasteiger partial charge in [0.2, 0.25) is 0 Å². The molecule has 2 nitrogen and oxygen atoms in total. The lowest BCUT2D eigenvalue weighted by atomic mass is 10.1. The van der Waals surface area contributed by atoms with E-state index < -0.39 is 0 Å². The maximum absolute atomic E-state index is 5.41. The lowest BCUT2D eigenvalue weighted by Gasteiger charge is -2.11. The van der Waals surface area contributed by atoms with Gasteiger partial charge in [-0.05, 0) is 30.7 Å². The first-order valence-electron chi connectivity index (χ1n) is 5.52. The molecule has 18 heavy (non-hydrogen) atoms. The van der Waals surface area contributed by atoms with Crippen molar-refractivity contribution in [1.82, 2.24) is 4.98 Å². The molecule has 0 N–H and O–H groups in total. The molecule has 0 unspecified atom stereocenters. The number of ether oxygens (including phenoxy) is 1. The molecule has 0 fully saturated rings. The van der Waals surface area contributed by atoms with Gasteiger partial charge in [-0.25, -0.2) is 4.98 Å². The number of benzene rings is 1. The van der Waals surface area contributed by atoms with Crippen molar-refractivity contribution in [2.24, 2.45) is 0 Å². The van der Waals surface area contributed by atoms with E-state index in [1.54, 1.807) is 30.6 Å². The van der Waals surface area contributed by atoms with Crippen molar-refractivity contribution in [2.45, 2.75) is 10.1 Å². The summed E-state index contributed by atoms with van der Waals surface area (Å²) in [7, 11) is 1.70. The van der Waals surface area contributed by atoms with E-state index in [0.717, 1.165) is 26.9 Å². The summed E-state index contributed by atoms with van der Waals surface area (Å²) in [5.41, 5.74) is 2.21. The SMILES string of the molecule is COc1ccccc1-c1ccc(SC)nc1SC. The van der Waals surface area contributed by atoms with Gasteiger partial charge in [-0.2, -0.15) is 0 Å². The lowest BCUT2D eigenvalue weighted by Crippen LogP contribution is -1.92. The van der Waals surface area contributed by atoms with Gasteiger partial charge in [0.15, 0.2) is 0 Å². The molecular formula is C14H15NOS2. The first-order valence-corrected chi connectivity index (χ1v) is 7.97. The van der Waals surface area contributed by atoms with Gasteiger partial charge < -0.3 is 4.74 Å². The summed E-state index contributed by atoms with van der Waals surface area (Å²) in [6.45, 7) is 0. The Bertz CT molecular complexity index is 543. The molecule has 0 bridgehead atoms. The number of thioether (sulfide) groups is 2. The van der Waals surface area contributed by atoms with Crippen LogP contribution in [-0.4, -0.2) is 24.6 Å². The molecule has 2 rings (SSSR count). The molecule has 0 atom stereocenters. The third-order valence-corrected chi connectivity index (χ3v) is 3.98. The number of hydrogen-bond donors (Lipinski definition) is 0. The van der Waals surface area contributed by atoms with Crippen LogP contribution in [0, 0.1) is 0 Å². The molecule has 94 valence electrons. The van der Waals surface area contributed by atoms with Gasteiger partial charge in [0.25, 0.3) is 0 Å². The number of hydrogen-bond acceptors (Lipinski definition) is 4. The summed E-state index contributed by atoms with van der Waals surface area (Å²) in [5.74, 6) is 0.881. The van der Waals surface area contributed by atoms with Crippen LogP contribution in [0.1, 0.15) is 0 Å². The van der Waals surface area contributed by atoms with Crippen LogP contribution in [0.25, 0.3) is 11.1 Å². The zero-order valence-corrected chi connectivity index (χ0v) is 12.3. The summed E-state index contributed by atoms with van der Waals surface area (Å²) >= 11 is 3.32. The molecule has 0 aliphatic rings. The minimum atomic E-state index is 0.881. The Morgan fingerprint density at radius 3 is 2.39 bits per heavy atom. The van der Waals surface area contributed by atoms with Crippen LogP contribution < -0.4 is 4.74 Å². The van der Waals surface area contributed by atoms with Gasteiger partial charge in [0.05, 0.1) is 12.1 Å². The van der Waals surface area contributed by atoms with Gasteiger partial charge in [-0.15, -0.1) is 23.5 Å². The maximum atomic E-state index is 5.41. The van der Waals surface area contributed by atoms with Crippen LogP contribution in [0.2, 0.25) is 0 Å². The Hall–Kier alpha value is -1.13. The van der Waals surface area contributed by atoms with Gasteiger partial charge in [0, 0.05) is 11.1 Å². The van der Waals surface area contributed by atoms with Crippen molar-refractivity contribution in [2.75, 3.05) is 19.6 Å². The summed E-state index contributed by atoms with van der Waals surface area (Å²) in [5, 5.41) is 2.07. The van der Waals surface area contributed by atoms with Crippen molar-refractivity contribution < 1.29 is 4.74 Å². The second-order valence-corrected chi connectivity index (χ2v) is 5.23. The molecule has 0 aliphatic carbocycles. The number of pyridine rings is 1. The first kappa shape index (κ1) is 13.3. The van der Waals surface area contributed by atoms with E-state index in [2.05, 4.69) is 17.1 Å². The Kier molecular flexibility index (Phi) is 4.55. The predicted molar refractivity (Wildman–Crippen MR) is 79.8 cm³/mol. The molecule has 2 aromatic rings. The fourth-order valence-electron chi connectivity index (χ4n) is 1.76. The average Bonchev–Trinajstić information content (AvgIpc) is 2.46. The fraction of sp³-hybridized carbons (Fsp3) is 0.214. The highest BCUT2D eigenvalue weighted by molar-refractivity contribution is 7.99. The fourth-order valence-corrected chi connectivity index (χ4v) is 2.80. The molecule has 0 saturated heterocycles. The normalized spacial score (nSPS) is 10.4. The Labute approximate surface area is 116 Å². The van der Waals surface area contributed by atoms with Crippen LogP contribution in [0.5, 0.6) is 5.75 Å². The van der Waals surface area contributed by atoms with Crippen molar-refractivity contribution in [3.8, 4) is 16.9 Å². The predicted octanol–water partition coefficient (Wildman–Crippen LogP) is 4.20. The van der Waals surface area contributed by atoms with E-state index in [-0.39, 0.29) is 0 Å². The van der Waals surface area contributed by atoms with Crippen molar-refractivity contribution in [1.29, 1.82) is 0 Å². The Morgan fingerprint density at radius 2 is 1.72 bits per heavy atom. The number of para-hydroxylation sites is 1. The lowest BCUT2D eigenvalue weighted by molar-refractivity contribution is 0.416. The molecule has 1 heterocycles. The molecular weight excluding hydrogens is 262 g/mol. The van der Waals surface area contributed by atoms with Crippen LogP contribution >= 0.6 is 23.5 Å². The summed E-state index contributed by atoms with van der Waals surface area (Å²) in [6.07, 6.45) is 4.08. The van der Waals surface area contributed by atoms with E-state index >= 15 is 0 Å². The number of methoxy groups -OCH3 is 1. The largest absolute Gasteiger partial charge is 0.496 e. The summed E-state index contributed by atoms with van der Waals surface area (Å²) < 4.78 is 5.41. The topological polar surface area (TPSA) is 22.1 Å². The number of aromatic nitrogens is 1. The maximum Gasteiger partial charge on any atom is 0.126 e. The van der Waals surface area contributed by atoms with Crippen molar-refractivity contribution in [3.63, 3.8) is 0 Å². The third-order valence-electron chi connectivity index (χ3n) is 2.63. The zero-order valence-electron chi connectivity index (χ0n) is 10.6. The van der Waals surface area contributed by atoms with Gasteiger partial charge >= 0.3 is 0 Å². The highest BCUT2D eigenvalue weighted by Gasteiger charge is 2.11. The third kappa shape index (κ3) is 2.65. The van der Waals surface area contributed by atoms with E-state index in [4.69, 9.17) is 4.74 Å². The second-order valence-electron chi connectivity index (χ2n) is 3.61. The Morgan fingerprint density at radius 1 is 0.944 bits per heavy atom. The van der Waals surface area contributed by atoms with Crippen LogP contribution in [0.15, 0.2) is 46.5 Å². The molecule has 1 aromatic heterocycles. The quantitative estimate of drug-likeness (QED) is 0.781. The van der Waals surface area contributed by atoms with Gasteiger partial charge in [0.1, 0.15) is 10.8 Å². The van der Waals surface area contributed by atoms with Crippen molar-refractivity contribution >= 4 is 23.5 Å². The summed E-state index contributed by atoms with van der Waals surface area (Å²) in [4.78, 5) is 4.63. The van der Waals surface area contributed by atoms with Crippen LogP contribution in [0.4, 0.5) is 0 Å². The minimum absolute atomic E-state index is 0.881. The first-order chi connectivity index (χ1) is 8.80. The molecule has 0 amide bonds. The summed E-state index contributed by atoms with van der Waals surface area (Å²) in [6, 6.07) is 12.2.